The number of nitrogens with zero attached hydrogens (tertiary/aromatic N) is 1. The minimum absolute atomic E-state index is 0.266. The molecule has 0 aromatic rings. The van der Waals surface area contributed by atoms with Crippen molar-refractivity contribution in [2.45, 2.75) is 57.4 Å². The molecule has 22 heavy (non-hydrogen) atoms. The van der Waals surface area contributed by atoms with Gasteiger partial charge in [-0.25, -0.2) is 4.79 Å². The van der Waals surface area contributed by atoms with Gasteiger partial charge in [-0.1, -0.05) is 6.92 Å². The zero-order valence-corrected chi connectivity index (χ0v) is 15.5. The second kappa shape index (κ2) is 9.63. The number of hydrogen-bond acceptors (Lipinski definition) is 5. The maximum absolute atomic E-state index is 12.2. The molecule has 0 radical (unpaired) electrons. The molecule has 5 nitrogen and oxygen atoms in total. The number of carbonyl (C=O) groups excluding carboxylic acids is 1. The van der Waals surface area contributed by atoms with Crippen molar-refractivity contribution in [1.29, 1.82) is 0 Å². The van der Waals surface area contributed by atoms with E-state index in [9.17, 15) is 4.79 Å². The fourth-order valence-electron chi connectivity index (χ4n) is 2.40. The summed E-state index contributed by atoms with van der Waals surface area (Å²) in [4.78, 5) is 14.0. The van der Waals surface area contributed by atoms with E-state index < -0.39 is 5.60 Å². The topological polar surface area (TPSA) is 50.8 Å². The highest BCUT2D eigenvalue weighted by Gasteiger charge is 2.24. The van der Waals surface area contributed by atoms with Gasteiger partial charge in [0, 0.05) is 38.0 Å². The molecule has 1 heterocycles. The molecular formula is C16H32N2O3S. The number of rotatable bonds is 7. The van der Waals surface area contributed by atoms with Crippen LogP contribution in [0.5, 0.6) is 0 Å². The Hall–Kier alpha value is -0.460. The molecule has 2 atom stereocenters. The van der Waals surface area contributed by atoms with Crippen molar-refractivity contribution in [3.05, 3.63) is 0 Å². The van der Waals surface area contributed by atoms with Crippen molar-refractivity contribution in [2.24, 2.45) is 0 Å². The molecule has 1 fully saturated rings. The van der Waals surface area contributed by atoms with Crippen LogP contribution >= 0.6 is 11.8 Å². The maximum Gasteiger partial charge on any atom is 0.410 e. The molecule has 130 valence electrons. The number of methoxy groups -OCH3 is 1. The minimum atomic E-state index is -0.468. The van der Waals surface area contributed by atoms with Crippen LogP contribution in [0.4, 0.5) is 4.79 Å². The van der Waals surface area contributed by atoms with Gasteiger partial charge in [0.15, 0.2) is 0 Å². The summed E-state index contributed by atoms with van der Waals surface area (Å²) in [6.07, 6.45) is 2.22. The van der Waals surface area contributed by atoms with Gasteiger partial charge in [-0.15, -0.1) is 0 Å². The SMILES string of the molecule is COCCN(CCNC1CCCSC1C)C(=O)OC(C)(C)C. The van der Waals surface area contributed by atoms with Crippen LogP contribution in [0, 0.1) is 0 Å². The van der Waals surface area contributed by atoms with Gasteiger partial charge in [0.25, 0.3) is 0 Å². The molecule has 0 aromatic heterocycles. The van der Waals surface area contributed by atoms with Crippen molar-refractivity contribution in [3.63, 3.8) is 0 Å². The summed E-state index contributed by atoms with van der Waals surface area (Å²) < 4.78 is 10.6. The first-order valence-electron chi connectivity index (χ1n) is 8.15. The Morgan fingerprint density at radius 1 is 1.36 bits per heavy atom. The molecule has 0 saturated carbocycles. The number of hydrogen-bond donors (Lipinski definition) is 1. The third-order valence-electron chi connectivity index (χ3n) is 3.61. The largest absolute Gasteiger partial charge is 0.444 e. The second-order valence-corrected chi connectivity index (χ2v) is 8.22. The van der Waals surface area contributed by atoms with Crippen LogP contribution in [0.25, 0.3) is 0 Å². The zero-order chi connectivity index (χ0) is 16.6. The number of carbonyl (C=O) groups is 1. The van der Waals surface area contributed by atoms with Gasteiger partial charge >= 0.3 is 6.09 Å². The second-order valence-electron chi connectivity index (χ2n) is 6.74. The highest BCUT2D eigenvalue weighted by molar-refractivity contribution is 7.99. The summed E-state index contributed by atoms with van der Waals surface area (Å²) in [5, 5.41) is 4.23. The first-order chi connectivity index (χ1) is 10.3. The quantitative estimate of drug-likeness (QED) is 0.777. The van der Waals surface area contributed by atoms with Crippen molar-refractivity contribution in [3.8, 4) is 0 Å². The molecule has 0 spiro atoms. The van der Waals surface area contributed by atoms with Gasteiger partial charge in [0.1, 0.15) is 5.60 Å². The predicted octanol–water partition coefficient (Wildman–Crippen LogP) is 2.74. The van der Waals surface area contributed by atoms with E-state index in [0.29, 0.717) is 31.0 Å². The van der Waals surface area contributed by atoms with E-state index in [0.717, 1.165) is 6.54 Å². The molecule has 2 unspecified atom stereocenters. The molecule has 6 heteroatoms. The van der Waals surface area contributed by atoms with E-state index in [1.165, 1.54) is 18.6 Å². The monoisotopic (exact) mass is 332 g/mol. The third-order valence-corrected chi connectivity index (χ3v) is 4.99. The lowest BCUT2D eigenvalue weighted by Crippen LogP contribution is -2.46. The lowest BCUT2D eigenvalue weighted by molar-refractivity contribution is 0.0202. The lowest BCUT2D eigenvalue weighted by atomic mass is 10.1. The lowest BCUT2D eigenvalue weighted by Gasteiger charge is -2.31. The van der Waals surface area contributed by atoms with E-state index in [4.69, 9.17) is 9.47 Å². The third kappa shape index (κ3) is 7.70. The van der Waals surface area contributed by atoms with Crippen LogP contribution < -0.4 is 5.32 Å². The molecule has 1 amide bonds. The average Bonchev–Trinajstić information content (AvgIpc) is 2.42. The van der Waals surface area contributed by atoms with Gasteiger partial charge in [0.05, 0.1) is 6.61 Å². The summed E-state index contributed by atoms with van der Waals surface area (Å²) in [5.41, 5.74) is -0.468. The average molecular weight is 333 g/mol. The Morgan fingerprint density at radius 2 is 2.09 bits per heavy atom. The highest BCUT2D eigenvalue weighted by atomic mass is 32.2. The molecule has 0 aromatic carbocycles. The van der Waals surface area contributed by atoms with Crippen LogP contribution in [0.15, 0.2) is 0 Å². The van der Waals surface area contributed by atoms with Crippen LogP contribution in [0.3, 0.4) is 0 Å². The minimum Gasteiger partial charge on any atom is -0.444 e. The summed E-state index contributed by atoms with van der Waals surface area (Å²) in [6.45, 7) is 10.5. The molecular weight excluding hydrogens is 300 g/mol. The standard InChI is InChI=1S/C16H32N2O3S/c1-13-14(7-6-12-22-13)17-8-9-18(10-11-20-5)15(19)21-16(2,3)4/h13-14,17H,6-12H2,1-5H3. The molecule has 0 bridgehead atoms. The van der Waals surface area contributed by atoms with Crippen LogP contribution in [-0.2, 0) is 9.47 Å². The Bertz CT molecular complexity index is 334. The fraction of sp³-hybridized carbons (Fsp3) is 0.938. The first-order valence-corrected chi connectivity index (χ1v) is 9.20. The summed E-state index contributed by atoms with van der Waals surface area (Å²) in [6, 6.07) is 0.543. The van der Waals surface area contributed by atoms with Gasteiger partial charge in [0.2, 0.25) is 0 Å². The fourth-order valence-corrected chi connectivity index (χ4v) is 3.57. The predicted molar refractivity (Wildman–Crippen MR) is 92.6 cm³/mol. The Kier molecular flexibility index (Phi) is 8.57. The molecule has 1 aliphatic rings. The zero-order valence-electron chi connectivity index (χ0n) is 14.7. The van der Waals surface area contributed by atoms with Crippen LogP contribution in [0.1, 0.15) is 40.5 Å². The maximum atomic E-state index is 12.2. The van der Waals surface area contributed by atoms with E-state index >= 15 is 0 Å². The molecule has 0 aliphatic carbocycles. The normalized spacial score (nSPS) is 22.4. The number of ether oxygens (including phenoxy) is 2. The van der Waals surface area contributed by atoms with Crippen molar-refractivity contribution in [2.75, 3.05) is 39.1 Å². The van der Waals surface area contributed by atoms with Crippen molar-refractivity contribution >= 4 is 17.9 Å². The number of nitrogens with one attached hydrogen (secondary N) is 1. The summed E-state index contributed by atoms with van der Waals surface area (Å²) in [7, 11) is 1.65. The van der Waals surface area contributed by atoms with Gasteiger partial charge in [-0.2, -0.15) is 11.8 Å². The van der Waals surface area contributed by atoms with E-state index in [1.807, 2.05) is 32.5 Å². The molecule has 1 rings (SSSR count). The Labute approximate surface area is 139 Å². The van der Waals surface area contributed by atoms with E-state index in [1.54, 1.807) is 12.0 Å². The van der Waals surface area contributed by atoms with E-state index in [2.05, 4.69) is 12.2 Å². The van der Waals surface area contributed by atoms with Gasteiger partial charge < -0.3 is 19.7 Å². The summed E-state index contributed by atoms with van der Waals surface area (Å²) in [5.74, 6) is 1.26. The molecule has 1 aliphatic heterocycles. The smallest absolute Gasteiger partial charge is 0.410 e. The molecule has 1 N–H and O–H groups in total. The Morgan fingerprint density at radius 3 is 2.68 bits per heavy atom. The van der Waals surface area contributed by atoms with E-state index in [-0.39, 0.29) is 6.09 Å². The van der Waals surface area contributed by atoms with Gasteiger partial charge in [-0.3, -0.25) is 0 Å². The van der Waals surface area contributed by atoms with Crippen molar-refractivity contribution in [1.82, 2.24) is 10.2 Å². The van der Waals surface area contributed by atoms with Crippen molar-refractivity contribution < 1.29 is 14.3 Å². The van der Waals surface area contributed by atoms with Crippen LogP contribution in [0.2, 0.25) is 0 Å². The number of thioether (sulfide) groups is 1. The highest BCUT2D eigenvalue weighted by Crippen LogP contribution is 2.24. The molecule has 1 saturated heterocycles. The number of amides is 1. The first kappa shape index (κ1) is 19.6. The van der Waals surface area contributed by atoms with Crippen LogP contribution in [-0.4, -0.2) is 67.0 Å². The Balaban J connectivity index is 2.41. The summed E-state index contributed by atoms with van der Waals surface area (Å²) >= 11 is 2.03. The van der Waals surface area contributed by atoms with Gasteiger partial charge in [-0.05, 0) is 39.4 Å².